The van der Waals surface area contributed by atoms with Crippen LogP contribution in [0.25, 0.3) is 11.0 Å². The largest absolute Gasteiger partial charge is 0.508 e. The van der Waals surface area contributed by atoms with Crippen LogP contribution in [-0.4, -0.2) is 48.1 Å². The number of hydrogen-bond acceptors (Lipinski definition) is 4. The van der Waals surface area contributed by atoms with E-state index in [4.69, 9.17) is 4.42 Å². The molecule has 2 aromatic rings. The van der Waals surface area contributed by atoms with Crippen molar-refractivity contribution < 1.29 is 9.52 Å². The van der Waals surface area contributed by atoms with E-state index in [2.05, 4.69) is 22.9 Å². The number of rotatable bonds is 2. The van der Waals surface area contributed by atoms with Crippen molar-refractivity contribution in [2.24, 2.45) is 0 Å². The van der Waals surface area contributed by atoms with E-state index in [0.29, 0.717) is 0 Å². The van der Waals surface area contributed by atoms with Crippen molar-refractivity contribution in [1.82, 2.24) is 9.80 Å². The van der Waals surface area contributed by atoms with Crippen LogP contribution in [0.4, 0.5) is 0 Å². The van der Waals surface area contributed by atoms with Gasteiger partial charge in [0.2, 0.25) is 0 Å². The quantitative estimate of drug-likeness (QED) is 0.878. The molecule has 1 aromatic carbocycles. The second kappa shape index (κ2) is 4.63. The molecule has 1 saturated heterocycles. The fourth-order valence-corrected chi connectivity index (χ4v) is 2.38. The van der Waals surface area contributed by atoms with E-state index in [0.717, 1.165) is 49.5 Å². The summed E-state index contributed by atoms with van der Waals surface area (Å²) in [4.78, 5) is 4.74. The van der Waals surface area contributed by atoms with E-state index in [1.54, 1.807) is 12.1 Å². The fourth-order valence-electron chi connectivity index (χ4n) is 2.38. The number of benzene rings is 1. The third-order valence-corrected chi connectivity index (χ3v) is 3.53. The molecule has 0 aliphatic carbocycles. The Morgan fingerprint density at radius 2 is 1.94 bits per heavy atom. The van der Waals surface area contributed by atoms with Gasteiger partial charge in [-0.1, -0.05) is 0 Å². The maximum Gasteiger partial charge on any atom is 0.138 e. The molecule has 1 fully saturated rings. The van der Waals surface area contributed by atoms with E-state index < -0.39 is 0 Å². The van der Waals surface area contributed by atoms with E-state index in [1.807, 2.05) is 6.07 Å². The van der Waals surface area contributed by atoms with E-state index in [1.165, 1.54) is 0 Å². The molecule has 0 unspecified atom stereocenters. The first kappa shape index (κ1) is 11.6. The molecule has 1 aromatic heterocycles. The van der Waals surface area contributed by atoms with Crippen LogP contribution in [0.5, 0.6) is 5.75 Å². The highest BCUT2D eigenvalue weighted by atomic mass is 16.3. The van der Waals surface area contributed by atoms with Gasteiger partial charge in [-0.05, 0) is 25.2 Å². The van der Waals surface area contributed by atoms with Crippen molar-refractivity contribution in [3.63, 3.8) is 0 Å². The summed E-state index contributed by atoms with van der Waals surface area (Å²) in [6.45, 7) is 5.24. The lowest BCUT2D eigenvalue weighted by molar-refractivity contribution is 0.141. The van der Waals surface area contributed by atoms with Gasteiger partial charge in [0.1, 0.15) is 17.1 Å². The van der Waals surface area contributed by atoms with Crippen LogP contribution in [-0.2, 0) is 6.54 Å². The molecule has 2 heterocycles. The number of furan rings is 1. The molecule has 0 saturated carbocycles. The Bertz CT molecular complexity index is 542. The smallest absolute Gasteiger partial charge is 0.138 e. The molecule has 0 spiro atoms. The zero-order valence-corrected chi connectivity index (χ0v) is 10.6. The highest BCUT2D eigenvalue weighted by molar-refractivity contribution is 5.79. The van der Waals surface area contributed by atoms with Crippen molar-refractivity contribution in [3.05, 3.63) is 30.0 Å². The molecule has 1 aliphatic heterocycles. The molecule has 0 bridgehead atoms. The standard InChI is InChI=1S/C14H18N2O2/c1-15-4-6-16(7-5-15)10-13-8-11-2-3-12(17)9-14(11)18-13/h2-3,8-9,17H,4-7,10H2,1H3. The predicted octanol–water partition coefficient (Wildman–Crippen LogP) is 1.89. The van der Waals surface area contributed by atoms with E-state index in [9.17, 15) is 5.11 Å². The van der Waals surface area contributed by atoms with Gasteiger partial charge in [-0.15, -0.1) is 0 Å². The Morgan fingerprint density at radius 1 is 1.17 bits per heavy atom. The summed E-state index contributed by atoms with van der Waals surface area (Å²) in [5, 5.41) is 10.5. The SMILES string of the molecule is CN1CCN(Cc2cc3ccc(O)cc3o2)CC1. The van der Waals surface area contributed by atoms with Crippen molar-refractivity contribution in [3.8, 4) is 5.75 Å². The number of phenols is 1. The van der Waals surface area contributed by atoms with E-state index >= 15 is 0 Å². The van der Waals surface area contributed by atoms with E-state index in [-0.39, 0.29) is 5.75 Å². The number of phenolic OH excluding ortho intramolecular Hbond substituents is 1. The Balaban J connectivity index is 1.74. The van der Waals surface area contributed by atoms with Gasteiger partial charge in [0.05, 0.1) is 6.54 Å². The van der Waals surface area contributed by atoms with Gasteiger partial charge in [0.25, 0.3) is 0 Å². The monoisotopic (exact) mass is 246 g/mol. The lowest BCUT2D eigenvalue weighted by atomic mass is 10.2. The van der Waals surface area contributed by atoms with Gasteiger partial charge in [-0.3, -0.25) is 4.90 Å². The molecule has 1 aliphatic rings. The van der Waals surface area contributed by atoms with Crippen molar-refractivity contribution in [2.75, 3.05) is 33.2 Å². The molecular weight excluding hydrogens is 228 g/mol. The topological polar surface area (TPSA) is 39.9 Å². The minimum Gasteiger partial charge on any atom is -0.508 e. The maximum atomic E-state index is 9.41. The Hall–Kier alpha value is -1.52. The lowest BCUT2D eigenvalue weighted by Gasteiger charge is -2.31. The second-order valence-electron chi connectivity index (χ2n) is 5.01. The van der Waals surface area contributed by atoms with Crippen LogP contribution in [0.15, 0.2) is 28.7 Å². The van der Waals surface area contributed by atoms with Crippen LogP contribution in [0.2, 0.25) is 0 Å². The lowest BCUT2D eigenvalue weighted by Crippen LogP contribution is -2.43. The van der Waals surface area contributed by atoms with Gasteiger partial charge in [0.15, 0.2) is 0 Å². The fraction of sp³-hybridized carbons (Fsp3) is 0.429. The number of aromatic hydroxyl groups is 1. The van der Waals surface area contributed by atoms with Gasteiger partial charge in [-0.25, -0.2) is 0 Å². The number of hydrogen-bond donors (Lipinski definition) is 1. The summed E-state index contributed by atoms with van der Waals surface area (Å²) in [5.74, 6) is 1.23. The number of fused-ring (bicyclic) bond motifs is 1. The molecular formula is C14H18N2O2. The molecule has 1 N–H and O–H groups in total. The van der Waals surface area contributed by atoms with Crippen LogP contribution in [0.1, 0.15) is 5.76 Å². The third-order valence-electron chi connectivity index (χ3n) is 3.53. The molecule has 18 heavy (non-hydrogen) atoms. The molecule has 4 nitrogen and oxygen atoms in total. The minimum absolute atomic E-state index is 0.253. The number of piperazine rings is 1. The third kappa shape index (κ3) is 2.35. The summed E-state index contributed by atoms with van der Waals surface area (Å²) in [6, 6.07) is 7.31. The molecule has 0 radical (unpaired) electrons. The molecule has 0 atom stereocenters. The Labute approximate surface area is 106 Å². The molecule has 96 valence electrons. The Morgan fingerprint density at radius 3 is 2.72 bits per heavy atom. The summed E-state index contributed by atoms with van der Waals surface area (Å²) in [5.41, 5.74) is 0.763. The van der Waals surface area contributed by atoms with Crippen molar-refractivity contribution in [1.29, 1.82) is 0 Å². The first-order chi connectivity index (χ1) is 8.70. The van der Waals surface area contributed by atoms with Gasteiger partial charge in [-0.2, -0.15) is 0 Å². The zero-order chi connectivity index (χ0) is 12.5. The molecule has 4 heteroatoms. The number of likely N-dealkylation sites (N-methyl/N-ethyl adjacent to an activating group) is 1. The molecule has 3 rings (SSSR count). The minimum atomic E-state index is 0.253. The first-order valence-electron chi connectivity index (χ1n) is 6.33. The summed E-state index contributed by atoms with van der Waals surface area (Å²) >= 11 is 0. The summed E-state index contributed by atoms with van der Waals surface area (Å²) < 4.78 is 5.76. The first-order valence-corrected chi connectivity index (χ1v) is 6.33. The van der Waals surface area contributed by atoms with Gasteiger partial charge >= 0.3 is 0 Å². The predicted molar refractivity (Wildman–Crippen MR) is 70.7 cm³/mol. The summed E-state index contributed by atoms with van der Waals surface area (Å²) in [6.07, 6.45) is 0. The van der Waals surface area contributed by atoms with Gasteiger partial charge in [0, 0.05) is 37.6 Å². The van der Waals surface area contributed by atoms with Crippen LogP contribution < -0.4 is 0 Å². The van der Waals surface area contributed by atoms with Gasteiger partial charge < -0.3 is 14.4 Å². The maximum absolute atomic E-state index is 9.41. The highest BCUT2D eigenvalue weighted by Gasteiger charge is 2.15. The van der Waals surface area contributed by atoms with Crippen molar-refractivity contribution in [2.45, 2.75) is 6.54 Å². The van der Waals surface area contributed by atoms with Crippen LogP contribution in [0, 0.1) is 0 Å². The Kier molecular flexibility index (Phi) is 2.97. The highest BCUT2D eigenvalue weighted by Crippen LogP contribution is 2.24. The normalized spacial score (nSPS) is 18.5. The average molecular weight is 246 g/mol. The average Bonchev–Trinajstić information content (AvgIpc) is 2.73. The second-order valence-corrected chi connectivity index (χ2v) is 5.01. The summed E-state index contributed by atoms with van der Waals surface area (Å²) in [7, 11) is 2.15. The zero-order valence-electron chi connectivity index (χ0n) is 10.6. The number of nitrogens with zero attached hydrogens (tertiary/aromatic N) is 2. The van der Waals surface area contributed by atoms with Crippen molar-refractivity contribution >= 4 is 11.0 Å². The molecule has 0 amide bonds. The van der Waals surface area contributed by atoms with Crippen LogP contribution >= 0.6 is 0 Å². The van der Waals surface area contributed by atoms with Crippen LogP contribution in [0.3, 0.4) is 0 Å².